The van der Waals surface area contributed by atoms with Gasteiger partial charge in [0.1, 0.15) is 5.82 Å². The first-order chi connectivity index (χ1) is 14.9. The molecular weight excluding hydrogens is 459 g/mol. The van der Waals surface area contributed by atoms with E-state index in [-0.39, 0.29) is 17.0 Å². The first-order valence-electron chi connectivity index (χ1n) is 9.72. The predicted octanol–water partition coefficient (Wildman–Crippen LogP) is 4.28. The summed E-state index contributed by atoms with van der Waals surface area (Å²) in [7, 11) is -3.61. The third kappa shape index (κ3) is 4.62. The molecule has 0 bridgehead atoms. The molecule has 1 N–H and O–H groups in total. The Morgan fingerprint density at radius 2 is 1.71 bits per heavy atom. The molecule has 3 aromatic rings. The molecule has 2 heterocycles. The molecule has 0 unspecified atom stereocenters. The molecule has 162 valence electrons. The minimum Gasteiger partial charge on any atom is -0.307 e. The summed E-state index contributed by atoms with van der Waals surface area (Å²) >= 11 is 12.5. The van der Waals surface area contributed by atoms with Crippen LogP contribution in [0.2, 0.25) is 10.0 Å². The Balaban J connectivity index is 1.54. The zero-order chi connectivity index (χ0) is 22.0. The maximum Gasteiger partial charge on any atom is 0.256 e. The Hall–Kier alpha value is -2.39. The fourth-order valence-electron chi connectivity index (χ4n) is 3.46. The minimum absolute atomic E-state index is 0.110. The van der Waals surface area contributed by atoms with E-state index in [0.717, 1.165) is 12.8 Å². The largest absolute Gasteiger partial charge is 0.307 e. The van der Waals surface area contributed by atoms with Crippen LogP contribution in [0.4, 0.5) is 5.82 Å². The molecule has 0 radical (unpaired) electrons. The fraction of sp³-hybridized carbons (Fsp3) is 0.238. The van der Waals surface area contributed by atoms with Gasteiger partial charge in [-0.25, -0.2) is 13.1 Å². The van der Waals surface area contributed by atoms with E-state index in [4.69, 9.17) is 23.2 Å². The number of hydrogen-bond acceptors (Lipinski definition) is 4. The maximum absolute atomic E-state index is 12.8. The molecule has 7 nitrogen and oxygen atoms in total. The van der Waals surface area contributed by atoms with Gasteiger partial charge in [0.15, 0.2) is 0 Å². The summed E-state index contributed by atoms with van der Waals surface area (Å²) in [4.78, 5) is 12.9. The number of anilines is 1. The maximum atomic E-state index is 12.8. The van der Waals surface area contributed by atoms with E-state index in [0.29, 0.717) is 34.5 Å². The van der Waals surface area contributed by atoms with E-state index < -0.39 is 15.9 Å². The van der Waals surface area contributed by atoms with Gasteiger partial charge in [0.25, 0.3) is 5.91 Å². The smallest absolute Gasteiger partial charge is 0.256 e. The van der Waals surface area contributed by atoms with Crippen molar-refractivity contribution in [2.24, 2.45) is 0 Å². The summed E-state index contributed by atoms with van der Waals surface area (Å²) in [6.45, 7) is 1.27. The van der Waals surface area contributed by atoms with E-state index >= 15 is 0 Å². The highest BCUT2D eigenvalue weighted by molar-refractivity contribution is 7.89. The number of carbonyl (C=O) groups is 1. The quantitative estimate of drug-likeness (QED) is 0.572. The summed E-state index contributed by atoms with van der Waals surface area (Å²) in [5.41, 5.74) is 0.924. The molecular formula is C21H20Cl2N4O3S. The van der Waals surface area contributed by atoms with Gasteiger partial charge in [0, 0.05) is 40.3 Å². The monoisotopic (exact) mass is 478 g/mol. The fourth-order valence-corrected chi connectivity index (χ4v) is 5.54. The topological polar surface area (TPSA) is 84.3 Å². The number of nitrogens with one attached hydrogen (secondary N) is 1. The molecule has 0 spiro atoms. The van der Waals surface area contributed by atoms with Crippen LogP contribution >= 0.6 is 23.2 Å². The van der Waals surface area contributed by atoms with Gasteiger partial charge in [-0.2, -0.15) is 9.40 Å². The van der Waals surface area contributed by atoms with Crippen molar-refractivity contribution in [1.29, 1.82) is 0 Å². The molecule has 1 fully saturated rings. The van der Waals surface area contributed by atoms with Gasteiger partial charge in [-0.05, 0) is 43.2 Å². The van der Waals surface area contributed by atoms with E-state index in [2.05, 4.69) is 10.4 Å². The Labute approximate surface area is 190 Å². The lowest BCUT2D eigenvalue weighted by atomic mass is 10.2. The zero-order valence-corrected chi connectivity index (χ0v) is 18.8. The Bertz CT molecular complexity index is 1200. The third-order valence-corrected chi connectivity index (χ3v) is 7.73. The van der Waals surface area contributed by atoms with Gasteiger partial charge in [0.2, 0.25) is 10.0 Å². The SMILES string of the molecule is O=C(Nc1ccnn1Cc1c(Cl)cccc1Cl)c1cccc(S(=O)(=O)N2CCCC2)c1. The standard InChI is InChI=1S/C21H20Cl2N4O3S/c22-18-7-4-8-19(23)17(18)14-27-20(9-10-24-27)25-21(28)15-5-3-6-16(13-15)31(29,30)26-11-1-2-12-26/h3-10,13H,1-2,11-12,14H2,(H,25,28). The van der Waals surface area contributed by atoms with Gasteiger partial charge < -0.3 is 5.32 Å². The van der Waals surface area contributed by atoms with Crippen molar-refractivity contribution in [3.8, 4) is 0 Å². The molecule has 10 heteroatoms. The average Bonchev–Trinajstić information content (AvgIpc) is 3.44. The molecule has 0 aliphatic carbocycles. The highest BCUT2D eigenvalue weighted by Gasteiger charge is 2.27. The van der Waals surface area contributed by atoms with Crippen molar-refractivity contribution in [2.75, 3.05) is 18.4 Å². The van der Waals surface area contributed by atoms with Crippen molar-refractivity contribution < 1.29 is 13.2 Å². The Kier molecular flexibility index (Phi) is 6.34. The lowest BCUT2D eigenvalue weighted by Gasteiger charge is -2.16. The highest BCUT2D eigenvalue weighted by atomic mass is 35.5. The summed E-state index contributed by atoms with van der Waals surface area (Å²) in [5, 5.41) is 8.01. The van der Waals surface area contributed by atoms with E-state index in [9.17, 15) is 13.2 Å². The van der Waals surface area contributed by atoms with Crippen molar-refractivity contribution >= 4 is 45.0 Å². The average molecular weight is 479 g/mol. The van der Waals surface area contributed by atoms with Gasteiger partial charge in [-0.3, -0.25) is 4.79 Å². The molecule has 0 saturated carbocycles. The van der Waals surface area contributed by atoms with Crippen molar-refractivity contribution in [3.05, 3.63) is 75.9 Å². The molecule has 2 aromatic carbocycles. The molecule has 4 rings (SSSR count). The van der Waals surface area contributed by atoms with Gasteiger partial charge >= 0.3 is 0 Å². The summed E-state index contributed by atoms with van der Waals surface area (Å²) in [5.74, 6) is -0.000679. The first-order valence-corrected chi connectivity index (χ1v) is 11.9. The van der Waals surface area contributed by atoms with E-state index in [1.54, 1.807) is 47.3 Å². The summed E-state index contributed by atoms with van der Waals surface area (Å²) in [6, 6.07) is 12.9. The lowest BCUT2D eigenvalue weighted by Crippen LogP contribution is -2.28. The second-order valence-electron chi connectivity index (χ2n) is 7.17. The third-order valence-electron chi connectivity index (χ3n) is 5.13. The lowest BCUT2D eigenvalue weighted by molar-refractivity contribution is 0.102. The number of benzene rings is 2. The van der Waals surface area contributed by atoms with E-state index in [1.165, 1.54) is 16.4 Å². The molecule has 31 heavy (non-hydrogen) atoms. The van der Waals surface area contributed by atoms with Gasteiger partial charge in [-0.1, -0.05) is 35.3 Å². The number of amides is 1. The first kappa shape index (κ1) is 21.8. The number of aromatic nitrogens is 2. The normalized spacial score (nSPS) is 14.6. The van der Waals surface area contributed by atoms with Crippen LogP contribution in [-0.2, 0) is 16.6 Å². The number of carbonyl (C=O) groups excluding carboxylic acids is 1. The minimum atomic E-state index is -3.61. The van der Waals surface area contributed by atoms with Crippen LogP contribution in [0.5, 0.6) is 0 Å². The number of sulfonamides is 1. The molecule has 1 aliphatic rings. The van der Waals surface area contributed by atoms with Crippen LogP contribution < -0.4 is 5.32 Å². The predicted molar refractivity (Wildman–Crippen MR) is 120 cm³/mol. The van der Waals surface area contributed by atoms with Crippen LogP contribution in [0.3, 0.4) is 0 Å². The van der Waals surface area contributed by atoms with Gasteiger partial charge in [-0.15, -0.1) is 0 Å². The Morgan fingerprint density at radius 1 is 1.03 bits per heavy atom. The van der Waals surface area contributed by atoms with Crippen LogP contribution in [0.1, 0.15) is 28.8 Å². The molecule has 1 aromatic heterocycles. The van der Waals surface area contributed by atoms with Crippen molar-refractivity contribution in [3.63, 3.8) is 0 Å². The second-order valence-corrected chi connectivity index (χ2v) is 9.92. The summed E-state index contributed by atoms with van der Waals surface area (Å²) in [6.07, 6.45) is 3.24. The number of rotatable bonds is 6. The van der Waals surface area contributed by atoms with E-state index in [1.807, 2.05) is 0 Å². The molecule has 1 aliphatic heterocycles. The molecule has 1 amide bonds. The second kappa shape index (κ2) is 9.00. The summed E-state index contributed by atoms with van der Waals surface area (Å²) < 4.78 is 28.6. The number of hydrogen-bond donors (Lipinski definition) is 1. The van der Waals surface area contributed by atoms with Crippen LogP contribution in [0.15, 0.2) is 59.6 Å². The van der Waals surface area contributed by atoms with Crippen molar-refractivity contribution in [2.45, 2.75) is 24.3 Å². The number of halogens is 2. The van der Waals surface area contributed by atoms with Gasteiger partial charge in [0.05, 0.1) is 17.6 Å². The van der Waals surface area contributed by atoms with Crippen LogP contribution in [0.25, 0.3) is 0 Å². The zero-order valence-electron chi connectivity index (χ0n) is 16.5. The molecule has 1 saturated heterocycles. The van der Waals surface area contributed by atoms with Crippen LogP contribution in [0, 0.1) is 0 Å². The van der Waals surface area contributed by atoms with Crippen LogP contribution in [-0.4, -0.2) is 41.5 Å². The molecule has 0 atom stereocenters. The highest BCUT2D eigenvalue weighted by Crippen LogP contribution is 2.26. The Morgan fingerprint density at radius 3 is 2.42 bits per heavy atom. The van der Waals surface area contributed by atoms with Crippen molar-refractivity contribution in [1.82, 2.24) is 14.1 Å². The number of nitrogens with zero attached hydrogens (tertiary/aromatic N) is 3.